The molecule has 0 fully saturated rings. The lowest BCUT2D eigenvalue weighted by Gasteiger charge is -2.33. The van der Waals surface area contributed by atoms with E-state index in [0.29, 0.717) is 11.9 Å². The zero-order valence-corrected chi connectivity index (χ0v) is 20.3. The van der Waals surface area contributed by atoms with Crippen LogP contribution in [-0.4, -0.2) is 48.9 Å². The summed E-state index contributed by atoms with van der Waals surface area (Å²) in [6.07, 6.45) is 17.4. The monoisotopic (exact) mass is 396 g/mol. The van der Waals surface area contributed by atoms with E-state index in [4.69, 9.17) is 0 Å². The normalized spacial score (nSPS) is 13.7. The molecule has 0 radical (unpaired) electrons. The minimum Gasteiger partial charge on any atom is -0.340 e. The molecule has 168 valence electrons. The van der Waals surface area contributed by atoms with E-state index in [1.54, 1.807) is 0 Å². The second kappa shape index (κ2) is 18.5. The van der Waals surface area contributed by atoms with E-state index >= 15 is 0 Å². The highest BCUT2D eigenvalue weighted by Crippen LogP contribution is 2.21. The van der Waals surface area contributed by atoms with Gasteiger partial charge in [0.2, 0.25) is 5.91 Å². The highest BCUT2D eigenvalue weighted by Gasteiger charge is 2.25. The van der Waals surface area contributed by atoms with Crippen molar-refractivity contribution < 1.29 is 4.79 Å². The standard InChI is InChI=1S/C25H52N2O/c1-7-10-12-13-14-15-17-19-23(4)27(22-18-21-26(5)6)25(28)24(9-3)20-16-11-8-2/h23-24H,7-22H2,1-6H3. The minimum atomic E-state index is 0.224. The van der Waals surface area contributed by atoms with Crippen LogP contribution in [-0.2, 0) is 4.79 Å². The van der Waals surface area contributed by atoms with Crippen molar-refractivity contribution in [3.05, 3.63) is 0 Å². The Bertz CT molecular complexity index is 356. The molecule has 0 spiro atoms. The third kappa shape index (κ3) is 13.6. The third-order valence-corrected chi connectivity index (χ3v) is 6.04. The fraction of sp³-hybridized carbons (Fsp3) is 0.960. The van der Waals surface area contributed by atoms with Gasteiger partial charge >= 0.3 is 0 Å². The number of amides is 1. The molecule has 0 aromatic carbocycles. The zero-order valence-electron chi connectivity index (χ0n) is 20.3. The molecule has 0 rings (SSSR count). The highest BCUT2D eigenvalue weighted by molar-refractivity contribution is 5.79. The fourth-order valence-electron chi connectivity index (χ4n) is 4.04. The average molecular weight is 397 g/mol. The maximum absolute atomic E-state index is 13.3. The van der Waals surface area contributed by atoms with Crippen molar-refractivity contribution in [3.8, 4) is 0 Å². The molecule has 3 heteroatoms. The Morgan fingerprint density at radius 2 is 1.25 bits per heavy atom. The molecular formula is C25H52N2O. The molecule has 3 nitrogen and oxygen atoms in total. The first-order valence-corrected chi connectivity index (χ1v) is 12.4. The molecule has 0 saturated heterocycles. The van der Waals surface area contributed by atoms with Crippen molar-refractivity contribution in [2.45, 2.75) is 124 Å². The average Bonchev–Trinajstić information content (AvgIpc) is 2.67. The summed E-state index contributed by atoms with van der Waals surface area (Å²) in [5.41, 5.74) is 0. The molecule has 2 atom stereocenters. The van der Waals surface area contributed by atoms with E-state index in [0.717, 1.165) is 38.8 Å². The summed E-state index contributed by atoms with van der Waals surface area (Å²) in [4.78, 5) is 17.8. The summed E-state index contributed by atoms with van der Waals surface area (Å²) >= 11 is 0. The van der Waals surface area contributed by atoms with Crippen LogP contribution in [0.25, 0.3) is 0 Å². The molecule has 0 saturated carbocycles. The Balaban J connectivity index is 4.58. The van der Waals surface area contributed by atoms with E-state index in [9.17, 15) is 4.79 Å². The van der Waals surface area contributed by atoms with Gasteiger partial charge in [0, 0.05) is 18.5 Å². The van der Waals surface area contributed by atoms with Crippen molar-refractivity contribution >= 4 is 5.91 Å². The number of carbonyl (C=O) groups excluding carboxylic acids is 1. The summed E-state index contributed by atoms with van der Waals surface area (Å²) in [7, 11) is 4.24. The van der Waals surface area contributed by atoms with Crippen LogP contribution in [0.5, 0.6) is 0 Å². The maximum atomic E-state index is 13.3. The van der Waals surface area contributed by atoms with Crippen LogP contribution < -0.4 is 0 Å². The quantitative estimate of drug-likeness (QED) is 0.222. The maximum Gasteiger partial charge on any atom is 0.225 e. The second-order valence-electron chi connectivity index (χ2n) is 9.05. The number of nitrogens with zero attached hydrogens (tertiary/aromatic N) is 2. The Labute approximate surface area is 177 Å². The smallest absolute Gasteiger partial charge is 0.225 e. The van der Waals surface area contributed by atoms with Crippen molar-refractivity contribution in [2.75, 3.05) is 27.2 Å². The van der Waals surface area contributed by atoms with Gasteiger partial charge in [0.05, 0.1) is 0 Å². The van der Waals surface area contributed by atoms with Crippen molar-refractivity contribution in [3.63, 3.8) is 0 Å². The lowest BCUT2D eigenvalue weighted by molar-refractivity contribution is -0.138. The molecule has 0 aliphatic carbocycles. The van der Waals surface area contributed by atoms with Crippen molar-refractivity contribution in [2.24, 2.45) is 5.92 Å². The Morgan fingerprint density at radius 1 is 0.714 bits per heavy atom. The molecular weight excluding hydrogens is 344 g/mol. The van der Waals surface area contributed by atoms with Gasteiger partial charge in [0.25, 0.3) is 0 Å². The number of rotatable bonds is 19. The number of unbranched alkanes of at least 4 members (excludes halogenated alkanes) is 8. The van der Waals surface area contributed by atoms with Crippen molar-refractivity contribution in [1.82, 2.24) is 9.80 Å². The van der Waals surface area contributed by atoms with Gasteiger partial charge in [-0.2, -0.15) is 0 Å². The SMILES string of the molecule is CCCCCCCCCC(C)N(CCCN(C)C)C(=O)C(CC)CCCCC. The molecule has 0 aliphatic rings. The Kier molecular flexibility index (Phi) is 18.1. The number of carbonyl (C=O) groups is 1. The predicted molar refractivity (Wildman–Crippen MR) is 125 cm³/mol. The van der Waals surface area contributed by atoms with Gasteiger partial charge in [-0.05, 0) is 53.2 Å². The summed E-state index contributed by atoms with van der Waals surface area (Å²) in [6, 6.07) is 0.380. The van der Waals surface area contributed by atoms with Gasteiger partial charge in [-0.1, -0.05) is 85.0 Å². The summed E-state index contributed by atoms with van der Waals surface area (Å²) in [5, 5.41) is 0. The fourth-order valence-corrected chi connectivity index (χ4v) is 4.04. The van der Waals surface area contributed by atoms with Crippen LogP contribution in [0.2, 0.25) is 0 Å². The van der Waals surface area contributed by atoms with Crippen LogP contribution >= 0.6 is 0 Å². The summed E-state index contributed by atoms with van der Waals surface area (Å²) < 4.78 is 0. The van der Waals surface area contributed by atoms with E-state index in [1.807, 2.05) is 0 Å². The Hall–Kier alpha value is -0.570. The van der Waals surface area contributed by atoms with Crippen LogP contribution in [0.4, 0.5) is 0 Å². The topological polar surface area (TPSA) is 23.6 Å². The van der Waals surface area contributed by atoms with Crippen LogP contribution in [0.1, 0.15) is 118 Å². The summed E-state index contributed by atoms with van der Waals surface area (Å²) in [5.74, 6) is 0.648. The first kappa shape index (κ1) is 27.4. The molecule has 0 heterocycles. The van der Waals surface area contributed by atoms with E-state index in [1.165, 1.54) is 64.2 Å². The second-order valence-corrected chi connectivity index (χ2v) is 9.05. The molecule has 0 aromatic rings. The highest BCUT2D eigenvalue weighted by atomic mass is 16.2. The van der Waals surface area contributed by atoms with Gasteiger partial charge in [-0.3, -0.25) is 4.79 Å². The van der Waals surface area contributed by atoms with E-state index < -0.39 is 0 Å². The van der Waals surface area contributed by atoms with Gasteiger partial charge in [0.1, 0.15) is 0 Å². The van der Waals surface area contributed by atoms with Gasteiger partial charge < -0.3 is 9.80 Å². The zero-order chi connectivity index (χ0) is 21.2. The largest absolute Gasteiger partial charge is 0.340 e. The molecule has 2 unspecified atom stereocenters. The summed E-state index contributed by atoms with van der Waals surface area (Å²) in [6.45, 7) is 11.0. The third-order valence-electron chi connectivity index (χ3n) is 6.04. The van der Waals surface area contributed by atoms with Crippen LogP contribution in [0.15, 0.2) is 0 Å². The van der Waals surface area contributed by atoms with E-state index in [2.05, 4.69) is 51.6 Å². The van der Waals surface area contributed by atoms with Gasteiger partial charge in [0.15, 0.2) is 0 Å². The lowest BCUT2D eigenvalue weighted by Crippen LogP contribution is -2.43. The number of hydrogen-bond donors (Lipinski definition) is 0. The predicted octanol–water partition coefficient (Wildman–Crippen LogP) is 6.90. The van der Waals surface area contributed by atoms with E-state index in [-0.39, 0.29) is 5.92 Å². The molecule has 0 bridgehead atoms. The minimum absolute atomic E-state index is 0.224. The molecule has 0 aliphatic heterocycles. The molecule has 1 amide bonds. The van der Waals surface area contributed by atoms with Crippen molar-refractivity contribution in [1.29, 1.82) is 0 Å². The Morgan fingerprint density at radius 3 is 1.82 bits per heavy atom. The molecule has 0 N–H and O–H groups in total. The lowest BCUT2D eigenvalue weighted by atomic mass is 9.95. The first-order chi connectivity index (χ1) is 13.5. The number of hydrogen-bond acceptors (Lipinski definition) is 2. The first-order valence-electron chi connectivity index (χ1n) is 12.4. The van der Waals surface area contributed by atoms with Crippen LogP contribution in [0, 0.1) is 5.92 Å². The van der Waals surface area contributed by atoms with Gasteiger partial charge in [-0.15, -0.1) is 0 Å². The van der Waals surface area contributed by atoms with Gasteiger partial charge in [-0.25, -0.2) is 0 Å². The molecule has 0 aromatic heterocycles. The molecule has 28 heavy (non-hydrogen) atoms. The van der Waals surface area contributed by atoms with Crippen LogP contribution in [0.3, 0.4) is 0 Å².